The van der Waals surface area contributed by atoms with Gasteiger partial charge in [-0.15, -0.1) is 0 Å². The van der Waals surface area contributed by atoms with Crippen LogP contribution in [0.5, 0.6) is 5.75 Å². The normalized spacial score (nSPS) is 14.7. The summed E-state index contributed by atoms with van der Waals surface area (Å²) in [4.78, 5) is 20.5. The number of aromatic amines is 1. The van der Waals surface area contributed by atoms with Gasteiger partial charge in [-0.1, -0.05) is 12.8 Å². The van der Waals surface area contributed by atoms with E-state index in [1.54, 1.807) is 13.3 Å². The molecule has 0 spiro atoms. The summed E-state index contributed by atoms with van der Waals surface area (Å²) in [6, 6.07) is 12.4. The molecule has 3 aromatic heterocycles. The molecule has 6 heteroatoms. The predicted molar refractivity (Wildman–Crippen MR) is 114 cm³/mol. The number of amides is 1. The summed E-state index contributed by atoms with van der Waals surface area (Å²) in [5.41, 5.74) is 3.87. The van der Waals surface area contributed by atoms with Crippen LogP contribution in [0.3, 0.4) is 0 Å². The van der Waals surface area contributed by atoms with E-state index in [1.807, 2.05) is 41.1 Å². The molecule has 148 valence electrons. The summed E-state index contributed by atoms with van der Waals surface area (Å²) in [5, 5.41) is 5.29. The molecule has 0 aliphatic heterocycles. The second kappa shape index (κ2) is 7.28. The van der Waals surface area contributed by atoms with Crippen molar-refractivity contribution in [2.45, 2.75) is 38.3 Å². The van der Waals surface area contributed by atoms with Crippen LogP contribution in [-0.4, -0.2) is 33.6 Å². The lowest BCUT2D eigenvalue weighted by Gasteiger charge is -2.12. The molecule has 4 aromatic rings. The molecule has 1 saturated carbocycles. The van der Waals surface area contributed by atoms with Crippen molar-refractivity contribution in [3.63, 3.8) is 0 Å². The third-order valence-corrected chi connectivity index (χ3v) is 5.80. The van der Waals surface area contributed by atoms with E-state index in [4.69, 9.17) is 4.74 Å². The molecule has 6 nitrogen and oxygen atoms in total. The molecular formula is C23H24N4O2. The second-order valence-corrected chi connectivity index (χ2v) is 7.73. The summed E-state index contributed by atoms with van der Waals surface area (Å²) in [5.74, 6) is 0.857. The van der Waals surface area contributed by atoms with E-state index in [1.165, 1.54) is 12.8 Å². The van der Waals surface area contributed by atoms with Gasteiger partial charge in [0.15, 0.2) is 0 Å². The van der Waals surface area contributed by atoms with Crippen LogP contribution in [0.1, 0.15) is 25.7 Å². The van der Waals surface area contributed by atoms with Crippen molar-refractivity contribution < 1.29 is 9.53 Å². The fourth-order valence-corrected chi connectivity index (χ4v) is 4.35. The SMILES string of the molecule is COc1ccc2c(c1)c(-c1cc3cccnc3[nH]1)cn2CC(=O)NC1CCCC1. The number of rotatable bonds is 5. The van der Waals surface area contributed by atoms with Gasteiger partial charge in [0.2, 0.25) is 5.91 Å². The Labute approximate surface area is 168 Å². The first kappa shape index (κ1) is 17.8. The van der Waals surface area contributed by atoms with Crippen LogP contribution in [0.2, 0.25) is 0 Å². The number of fused-ring (bicyclic) bond motifs is 2. The second-order valence-electron chi connectivity index (χ2n) is 7.73. The van der Waals surface area contributed by atoms with E-state index in [0.29, 0.717) is 12.6 Å². The van der Waals surface area contributed by atoms with Crippen molar-refractivity contribution in [2.75, 3.05) is 7.11 Å². The molecule has 0 radical (unpaired) electrons. The molecule has 0 saturated heterocycles. The largest absolute Gasteiger partial charge is 0.497 e. The zero-order valence-corrected chi connectivity index (χ0v) is 16.4. The number of methoxy groups -OCH3 is 1. The van der Waals surface area contributed by atoms with Gasteiger partial charge in [-0.2, -0.15) is 0 Å². The highest BCUT2D eigenvalue weighted by molar-refractivity contribution is 5.99. The van der Waals surface area contributed by atoms with Crippen molar-refractivity contribution in [1.29, 1.82) is 0 Å². The number of hydrogen-bond acceptors (Lipinski definition) is 3. The van der Waals surface area contributed by atoms with E-state index in [2.05, 4.69) is 21.4 Å². The summed E-state index contributed by atoms with van der Waals surface area (Å²) < 4.78 is 7.46. The minimum Gasteiger partial charge on any atom is -0.497 e. The number of pyridine rings is 1. The van der Waals surface area contributed by atoms with Gasteiger partial charge in [0.25, 0.3) is 0 Å². The molecule has 1 fully saturated rings. The van der Waals surface area contributed by atoms with Crippen molar-refractivity contribution in [3.8, 4) is 17.0 Å². The third-order valence-electron chi connectivity index (χ3n) is 5.80. The maximum atomic E-state index is 12.6. The summed E-state index contributed by atoms with van der Waals surface area (Å²) in [6.45, 7) is 0.303. The molecule has 1 aromatic carbocycles. The summed E-state index contributed by atoms with van der Waals surface area (Å²) in [6.07, 6.45) is 8.40. The Bertz CT molecular complexity index is 1150. The van der Waals surface area contributed by atoms with E-state index in [-0.39, 0.29) is 5.91 Å². The minimum absolute atomic E-state index is 0.0643. The lowest BCUT2D eigenvalue weighted by atomic mass is 10.1. The number of carbonyl (C=O) groups is 1. The van der Waals surface area contributed by atoms with Crippen molar-refractivity contribution in [2.24, 2.45) is 0 Å². The molecule has 5 rings (SSSR count). The van der Waals surface area contributed by atoms with Gasteiger partial charge in [0, 0.05) is 46.0 Å². The van der Waals surface area contributed by atoms with Gasteiger partial charge < -0.3 is 19.6 Å². The van der Waals surface area contributed by atoms with Crippen LogP contribution in [0.25, 0.3) is 33.2 Å². The van der Waals surface area contributed by atoms with Crippen LogP contribution in [0.15, 0.2) is 48.8 Å². The highest BCUT2D eigenvalue weighted by Crippen LogP contribution is 2.34. The zero-order chi connectivity index (χ0) is 19.8. The summed E-state index contributed by atoms with van der Waals surface area (Å²) in [7, 11) is 1.67. The number of H-pyrrole nitrogens is 1. The Morgan fingerprint density at radius 3 is 2.93 bits per heavy atom. The van der Waals surface area contributed by atoms with Gasteiger partial charge in [-0.25, -0.2) is 4.98 Å². The van der Waals surface area contributed by atoms with Crippen molar-refractivity contribution in [3.05, 3.63) is 48.8 Å². The Balaban J connectivity index is 1.55. The quantitative estimate of drug-likeness (QED) is 0.537. The average Bonchev–Trinajstić information content (AvgIpc) is 3.46. The number of aromatic nitrogens is 3. The molecule has 29 heavy (non-hydrogen) atoms. The zero-order valence-electron chi connectivity index (χ0n) is 16.4. The van der Waals surface area contributed by atoms with Gasteiger partial charge in [0.05, 0.1) is 7.11 Å². The highest BCUT2D eigenvalue weighted by Gasteiger charge is 2.19. The van der Waals surface area contributed by atoms with E-state index >= 15 is 0 Å². The van der Waals surface area contributed by atoms with E-state index < -0.39 is 0 Å². The van der Waals surface area contributed by atoms with E-state index in [9.17, 15) is 4.79 Å². The van der Waals surface area contributed by atoms with Gasteiger partial charge >= 0.3 is 0 Å². The molecule has 1 amide bonds. The van der Waals surface area contributed by atoms with Gasteiger partial charge in [-0.3, -0.25) is 4.79 Å². The first-order valence-corrected chi connectivity index (χ1v) is 10.1. The fraction of sp³-hybridized carbons (Fsp3) is 0.304. The van der Waals surface area contributed by atoms with Crippen LogP contribution in [0.4, 0.5) is 0 Å². The Morgan fingerprint density at radius 1 is 1.28 bits per heavy atom. The van der Waals surface area contributed by atoms with E-state index in [0.717, 1.165) is 51.8 Å². The topological polar surface area (TPSA) is 71.9 Å². The molecule has 3 heterocycles. The minimum atomic E-state index is 0.0643. The van der Waals surface area contributed by atoms with Crippen LogP contribution in [-0.2, 0) is 11.3 Å². The molecule has 0 atom stereocenters. The molecular weight excluding hydrogens is 364 g/mol. The molecule has 0 unspecified atom stereocenters. The molecule has 2 N–H and O–H groups in total. The number of ether oxygens (including phenoxy) is 1. The highest BCUT2D eigenvalue weighted by atomic mass is 16.5. The first-order chi connectivity index (χ1) is 14.2. The molecule has 0 bridgehead atoms. The lowest BCUT2D eigenvalue weighted by molar-refractivity contribution is -0.122. The molecule has 1 aliphatic carbocycles. The number of nitrogens with one attached hydrogen (secondary N) is 2. The summed E-state index contributed by atoms with van der Waals surface area (Å²) >= 11 is 0. The predicted octanol–water partition coefficient (Wildman–Crippen LogP) is 4.25. The van der Waals surface area contributed by atoms with Crippen LogP contribution >= 0.6 is 0 Å². The number of carbonyl (C=O) groups excluding carboxylic acids is 1. The third kappa shape index (κ3) is 3.35. The average molecular weight is 388 g/mol. The van der Waals surface area contributed by atoms with Crippen LogP contribution < -0.4 is 10.1 Å². The van der Waals surface area contributed by atoms with Gasteiger partial charge in [0.1, 0.15) is 17.9 Å². The Morgan fingerprint density at radius 2 is 2.14 bits per heavy atom. The number of hydrogen-bond donors (Lipinski definition) is 2. The maximum Gasteiger partial charge on any atom is 0.240 e. The van der Waals surface area contributed by atoms with Crippen molar-refractivity contribution >= 4 is 27.8 Å². The Kier molecular flexibility index (Phi) is 4.46. The monoisotopic (exact) mass is 388 g/mol. The first-order valence-electron chi connectivity index (χ1n) is 10.1. The standard InChI is InChI=1S/C23H24N4O2/c1-29-17-8-9-21-18(12-17)19(20-11-15-5-4-10-24-23(15)26-20)13-27(21)14-22(28)25-16-6-2-3-7-16/h4-5,8-13,16H,2-3,6-7,14H2,1H3,(H,24,26)(H,25,28). The Hall–Kier alpha value is -3.28. The smallest absolute Gasteiger partial charge is 0.240 e. The maximum absolute atomic E-state index is 12.6. The number of nitrogens with zero attached hydrogens (tertiary/aromatic N) is 2. The number of benzene rings is 1. The fourth-order valence-electron chi connectivity index (χ4n) is 4.35. The van der Waals surface area contributed by atoms with Gasteiger partial charge in [-0.05, 0) is 49.2 Å². The lowest BCUT2D eigenvalue weighted by Crippen LogP contribution is -2.35. The molecule has 1 aliphatic rings. The van der Waals surface area contributed by atoms with Crippen molar-refractivity contribution in [1.82, 2.24) is 19.9 Å². The van der Waals surface area contributed by atoms with Crippen LogP contribution in [0, 0.1) is 0 Å².